The van der Waals surface area contributed by atoms with Crippen molar-refractivity contribution in [1.82, 2.24) is 5.32 Å². The van der Waals surface area contributed by atoms with Crippen LogP contribution in [0.1, 0.15) is 25.3 Å². The first-order valence-electron chi connectivity index (χ1n) is 6.22. The quantitative estimate of drug-likeness (QED) is 0.859. The van der Waals surface area contributed by atoms with E-state index in [2.05, 4.69) is 16.3 Å². The highest BCUT2D eigenvalue weighted by Crippen LogP contribution is 2.23. The maximum Gasteiger partial charge on any atom is 0.217 e. The summed E-state index contributed by atoms with van der Waals surface area (Å²) in [5, 5.41) is 12.0. The van der Waals surface area contributed by atoms with Crippen LogP contribution in [0.3, 0.4) is 0 Å². The number of hydrogen-bond donors (Lipinski definition) is 1. The van der Waals surface area contributed by atoms with E-state index in [1.54, 1.807) is 6.92 Å². The minimum atomic E-state index is 0.0332. The molecule has 94 valence electrons. The van der Waals surface area contributed by atoms with Crippen LogP contribution in [0.15, 0.2) is 24.3 Å². The van der Waals surface area contributed by atoms with Crippen LogP contribution in [0, 0.1) is 11.3 Å². The Morgan fingerprint density at radius 2 is 2.06 bits per heavy atom. The van der Waals surface area contributed by atoms with Crippen molar-refractivity contribution in [2.75, 3.05) is 18.0 Å². The molecular weight excluding hydrogens is 226 g/mol. The average Bonchev–Trinajstić information content (AvgIpc) is 2.39. The molecule has 1 aromatic carbocycles. The van der Waals surface area contributed by atoms with Gasteiger partial charge >= 0.3 is 0 Å². The lowest BCUT2D eigenvalue weighted by Gasteiger charge is -2.34. The molecule has 0 atom stereocenters. The maximum atomic E-state index is 11.0. The monoisotopic (exact) mass is 243 g/mol. The van der Waals surface area contributed by atoms with E-state index in [1.165, 1.54) is 0 Å². The third kappa shape index (κ3) is 2.80. The lowest BCUT2D eigenvalue weighted by Crippen LogP contribution is -2.44. The zero-order valence-electron chi connectivity index (χ0n) is 10.5. The number of nitriles is 1. The molecule has 0 spiro atoms. The summed E-state index contributed by atoms with van der Waals surface area (Å²) in [5.41, 5.74) is 1.72. The first kappa shape index (κ1) is 12.4. The number of carbonyl (C=O) groups is 1. The number of nitrogens with zero attached hydrogens (tertiary/aromatic N) is 2. The van der Waals surface area contributed by atoms with E-state index in [1.807, 2.05) is 24.3 Å². The van der Waals surface area contributed by atoms with E-state index in [0.717, 1.165) is 37.2 Å². The van der Waals surface area contributed by atoms with Gasteiger partial charge in [0.2, 0.25) is 5.91 Å². The molecule has 4 nitrogen and oxygen atoms in total. The molecule has 2 rings (SSSR count). The molecule has 0 radical (unpaired) electrons. The minimum absolute atomic E-state index is 0.0332. The number of para-hydroxylation sites is 1. The molecule has 1 aliphatic heterocycles. The van der Waals surface area contributed by atoms with Crippen molar-refractivity contribution in [2.24, 2.45) is 0 Å². The van der Waals surface area contributed by atoms with Gasteiger partial charge in [-0.05, 0) is 25.0 Å². The summed E-state index contributed by atoms with van der Waals surface area (Å²) >= 11 is 0. The molecular formula is C14H17N3O. The summed E-state index contributed by atoms with van der Waals surface area (Å²) < 4.78 is 0. The summed E-state index contributed by atoms with van der Waals surface area (Å²) in [6.07, 6.45) is 1.86. The number of piperidine rings is 1. The van der Waals surface area contributed by atoms with Gasteiger partial charge in [-0.15, -0.1) is 0 Å². The van der Waals surface area contributed by atoms with Crippen molar-refractivity contribution in [3.8, 4) is 6.07 Å². The average molecular weight is 243 g/mol. The molecule has 1 fully saturated rings. The Bertz CT molecular complexity index is 470. The SMILES string of the molecule is CC(=O)NC1CCN(c2ccccc2C#N)CC1. The van der Waals surface area contributed by atoms with E-state index < -0.39 is 0 Å². The van der Waals surface area contributed by atoms with Gasteiger partial charge in [-0.25, -0.2) is 0 Å². The van der Waals surface area contributed by atoms with Crippen molar-refractivity contribution >= 4 is 11.6 Å². The molecule has 0 unspecified atom stereocenters. The second kappa shape index (κ2) is 5.54. The van der Waals surface area contributed by atoms with E-state index in [9.17, 15) is 4.79 Å². The Hall–Kier alpha value is -2.02. The molecule has 4 heteroatoms. The number of nitrogens with one attached hydrogen (secondary N) is 1. The molecule has 0 aromatic heterocycles. The molecule has 1 aliphatic rings. The zero-order valence-corrected chi connectivity index (χ0v) is 10.5. The normalized spacial score (nSPS) is 16.1. The molecule has 0 saturated carbocycles. The number of amides is 1. The van der Waals surface area contributed by atoms with E-state index in [-0.39, 0.29) is 11.9 Å². The summed E-state index contributed by atoms with van der Waals surface area (Å²) in [7, 11) is 0. The van der Waals surface area contributed by atoms with Crippen molar-refractivity contribution in [3.63, 3.8) is 0 Å². The summed E-state index contributed by atoms with van der Waals surface area (Å²) in [6, 6.07) is 10.2. The Labute approximate surface area is 107 Å². The van der Waals surface area contributed by atoms with Crippen LogP contribution in [0.2, 0.25) is 0 Å². The van der Waals surface area contributed by atoms with Gasteiger partial charge in [0.15, 0.2) is 0 Å². The topological polar surface area (TPSA) is 56.1 Å². The predicted molar refractivity (Wildman–Crippen MR) is 70.2 cm³/mol. The molecule has 1 saturated heterocycles. The fraction of sp³-hybridized carbons (Fsp3) is 0.429. The molecule has 18 heavy (non-hydrogen) atoms. The Morgan fingerprint density at radius 3 is 2.67 bits per heavy atom. The lowest BCUT2D eigenvalue weighted by atomic mass is 10.0. The molecule has 0 bridgehead atoms. The van der Waals surface area contributed by atoms with Gasteiger partial charge in [0.05, 0.1) is 11.3 Å². The van der Waals surface area contributed by atoms with Crippen LogP contribution in [-0.2, 0) is 4.79 Å². The first-order valence-corrected chi connectivity index (χ1v) is 6.22. The number of hydrogen-bond acceptors (Lipinski definition) is 3. The van der Waals surface area contributed by atoms with E-state index in [4.69, 9.17) is 5.26 Å². The Balaban J connectivity index is 2.01. The maximum absolute atomic E-state index is 11.0. The summed E-state index contributed by atoms with van der Waals surface area (Å²) in [6.45, 7) is 3.31. The van der Waals surface area contributed by atoms with Crippen LogP contribution in [0.25, 0.3) is 0 Å². The van der Waals surface area contributed by atoms with Gasteiger partial charge in [-0.2, -0.15) is 5.26 Å². The van der Waals surface area contributed by atoms with E-state index >= 15 is 0 Å². The fourth-order valence-electron chi connectivity index (χ4n) is 2.40. The third-order valence-electron chi connectivity index (χ3n) is 3.27. The number of carbonyl (C=O) groups excluding carboxylic acids is 1. The van der Waals surface area contributed by atoms with Gasteiger partial charge in [0.25, 0.3) is 0 Å². The smallest absolute Gasteiger partial charge is 0.217 e. The Morgan fingerprint density at radius 1 is 1.39 bits per heavy atom. The van der Waals surface area contributed by atoms with Crippen molar-refractivity contribution in [3.05, 3.63) is 29.8 Å². The van der Waals surface area contributed by atoms with Gasteiger partial charge in [-0.1, -0.05) is 12.1 Å². The standard InChI is InChI=1S/C14H17N3O/c1-11(18)16-13-6-8-17(9-7-13)14-5-3-2-4-12(14)10-15/h2-5,13H,6-9H2,1H3,(H,16,18). The largest absolute Gasteiger partial charge is 0.370 e. The highest BCUT2D eigenvalue weighted by molar-refractivity contribution is 5.73. The van der Waals surface area contributed by atoms with E-state index in [0.29, 0.717) is 0 Å². The minimum Gasteiger partial charge on any atom is -0.370 e. The lowest BCUT2D eigenvalue weighted by molar-refractivity contribution is -0.119. The van der Waals surface area contributed by atoms with Crippen LogP contribution in [0.5, 0.6) is 0 Å². The third-order valence-corrected chi connectivity index (χ3v) is 3.27. The molecule has 1 amide bonds. The van der Waals surface area contributed by atoms with Crippen LogP contribution in [0.4, 0.5) is 5.69 Å². The molecule has 1 heterocycles. The highest BCUT2D eigenvalue weighted by atomic mass is 16.1. The fourth-order valence-corrected chi connectivity index (χ4v) is 2.40. The van der Waals surface area contributed by atoms with Gasteiger partial charge in [-0.3, -0.25) is 4.79 Å². The van der Waals surface area contributed by atoms with Gasteiger partial charge < -0.3 is 10.2 Å². The number of anilines is 1. The zero-order chi connectivity index (χ0) is 13.0. The second-order valence-electron chi connectivity index (χ2n) is 4.59. The molecule has 1 aromatic rings. The summed E-state index contributed by atoms with van der Waals surface area (Å²) in [5.74, 6) is 0.0332. The highest BCUT2D eigenvalue weighted by Gasteiger charge is 2.21. The Kier molecular flexibility index (Phi) is 3.83. The number of rotatable bonds is 2. The van der Waals surface area contributed by atoms with Gasteiger partial charge in [0, 0.05) is 26.1 Å². The second-order valence-corrected chi connectivity index (χ2v) is 4.59. The predicted octanol–water partition coefficient (Wildman–Crippen LogP) is 1.66. The van der Waals surface area contributed by atoms with Crippen LogP contribution < -0.4 is 10.2 Å². The van der Waals surface area contributed by atoms with Crippen LogP contribution in [-0.4, -0.2) is 25.0 Å². The summed E-state index contributed by atoms with van der Waals surface area (Å²) in [4.78, 5) is 13.2. The van der Waals surface area contributed by atoms with Crippen molar-refractivity contribution < 1.29 is 4.79 Å². The van der Waals surface area contributed by atoms with Crippen LogP contribution >= 0.6 is 0 Å². The van der Waals surface area contributed by atoms with Gasteiger partial charge in [0.1, 0.15) is 6.07 Å². The molecule has 0 aliphatic carbocycles. The first-order chi connectivity index (χ1) is 8.70. The van der Waals surface area contributed by atoms with Crippen molar-refractivity contribution in [1.29, 1.82) is 5.26 Å². The number of benzene rings is 1. The molecule has 1 N–H and O–H groups in total. The van der Waals surface area contributed by atoms with Crippen molar-refractivity contribution in [2.45, 2.75) is 25.8 Å².